The molecule has 0 aromatic heterocycles. The maximum atomic E-state index is 2.93. The van der Waals surface area contributed by atoms with Crippen LogP contribution in [0.25, 0.3) is 0 Å². The number of fused-ring (bicyclic) bond motifs is 3. The van der Waals surface area contributed by atoms with Crippen molar-refractivity contribution >= 4 is 0 Å². The van der Waals surface area contributed by atoms with Gasteiger partial charge in [0.05, 0.1) is 0 Å². The predicted molar refractivity (Wildman–Crippen MR) is 93.0 cm³/mol. The van der Waals surface area contributed by atoms with Crippen molar-refractivity contribution in [1.82, 2.24) is 9.80 Å². The van der Waals surface area contributed by atoms with Crippen LogP contribution >= 0.6 is 0 Å². The van der Waals surface area contributed by atoms with Crippen molar-refractivity contribution in [2.24, 2.45) is 16.7 Å². The van der Waals surface area contributed by atoms with Gasteiger partial charge in [0.1, 0.15) is 0 Å². The highest BCUT2D eigenvalue weighted by Gasteiger charge is 2.50. The molecule has 0 aromatic carbocycles. The highest BCUT2D eigenvalue weighted by molar-refractivity contribution is 5.03. The van der Waals surface area contributed by atoms with E-state index in [0.717, 1.165) is 18.0 Å². The molecule has 0 spiro atoms. The molecule has 0 aromatic rings. The van der Waals surface area contributed by atoms with Gasteiger partial charge in [-0.15, -0.1) is 0 Å². The second-order valence-corrected chi connectivity index (χ2v) is 10.1. The third-order valence-electron chi connectivity index (χ3n) is 7.22. The molecule has 0 radical (unpaired) electrons. The van der Waals surface area contributed by atoms with Crippen molar-refractivity contribution in [1.29, 1.82) is 0 Å². The molecule has 0 N–H and O–H groups in total. The predicted octanol–water partition coefficient (Wildman–Crippen LogP) is 4.15. The Morgan fingerprint density at radius 2 is 1.77 bits per heavy atom. The molecule has 2 bridgehead atoms. The minimum absolute atomic E-state index is 0.565. The number of hydrogen-bond acceptors (Lipinski definition) is 2. The second-order valence-electron chi connectivity index (χ2n) is 10.1. The van der Waals surface area contributed by atoms with E-state index in [-0.39, 0.29) is 0 Å². The summed E-state index contributed by atoms with van der Waals surface area (Å²) in [4.78, 5) is 5.77. The molecule has 4 rings (SSSR count). The Morgan fingerprint density at radius 1 is 0.955 bits per heavy atom. The molecule has 4 fully saturated rings. The molecule has 3 heterocycles. The summed E-state index contributed by atoms with van der Waals surface area (Å²) in [6.45, 7) is 13.1. The Morgan fingerprint density at radius 3 is 2.64 bits per heavy atom. The van der Waals surface area contributed by atoms with E-state index in [0.29, 0.717) is 10.8 Å². The van der Waals surface area contributed by atoms with Crippen LogP contribution in [0, 0.1) is 16.7 Å². The smallest absolute Gasteiger partial charge is 0.0136 e. The van der Waals surface area contributed by atoms with E-state index in [1.807, 2.05) is 0 Å². The Hall–Kier alpha value is -0.0800. The fourth-order valence-corrected chi connectivity index (χ4v) is 6.88. The molecule has 1 saturated carbocycles. The molecule has 3 saturated heterocycles. The quantitative estimate of drug-likeness (QED) is 0.756. The lowest BCUT2D eigenvalue weighted by molar-refractivity contribution is 0.0357. The highest BCUT2D eigenvalue weighted by Crippen LogP contribution is 2.52. The summed E-state index contributed by atoms with van der Waals surface area (Å²) in [6, 6.07) is 1.80. The third kappa shape index (κ3) is 2.86. The maximum absolute atomic E-state index is 2.93. The van der Waals surface area contributed by atoms with Crippen molar-refractivity contribution in [2.75, 3.05) is 26.2 Å². The number of hydrogen-bond donors (Lipinski definition) is 0. The summed E-state index contributed by atoms with van der Waals surface area (Å²) in [5.74, 6) is 0.958. The zero-order valence-corrected chi connectivity index (χ0v) is 15.1. The lowest BCUT2D eigenvalue weighted by Crippen LogP contribution is -2.51. The van der Waals surface area contributed by atoms with Gasteiger partial charge in [0, 0.05) is 25.2 Å². The van der Waals surface area contributed by atoms with E-state index in [2.05, 4.69) is 30.6 Å². The number of likely N-dealkylation sites (tertiary alicyclic amines) is 1. The summed E-state index contributed by atoms with van der Waals surface area (Å²) in [5.41, 5.74) is 1.17. The van der Waals surface area contributed by atoms with Crippen molar-refractivity contribution < 1.29 is 0 Å². The van der Waals surface area contributed by atoms with Gasteiger partial charge < -0.3 is 4.90 Å². The summed E-state index contributed by atoms with van der Waals surface area (Å²) in [5, 5.41) is 0. The van der Waals surface area contributed by atoms with Crippen molar-refractivity contribution in [2.45, 2.75) is 84.2 Å². The van der Waals surface area contributed by atoms with Gasteiger partial charge in [-0.05, 0) is 74.8 Å². The zero-order valence-electron chi connectivity index (χ0n) is 15.1. The number of piperidine rings is 2. The standard InChI is InChI=1S/C20H36N2/c1-19(2)11-17-12-20(3,14-19)15-22(17)13-16-7-6-10-21-9-5-4-8-18(16)21/h16-18H,4-15H2,1-3H3/t16-,17+,18-,20-/m1/s1. The summed E-state index contributed by atoms with van der Waals surface area (Å²) < 4.78 is 0. The molecule has 3 aliphatic heterocycles. The van der Waals surface area contributed by atoms with E-state index < -0.39 is 0 Å². The Bertz CT molecular complexity index is 416. The molecule has 126 valence electrons. The van der Waals surface area contributed by atoms with Gasteiger partial charge in [0.15, 0.2) is 0 Å². The minimum atomic E-state index is 0.565. The first kappa shape index (κ1) is 15.4. The van der Waals surface area contributed by atoms with E-state index in [1.54, 1.807) is 0 Å². The summed E-state index contributed by atoms with van der Waals surface area (Å²) in [6.07, 6.45) is 11.7. The first-order valence-electron chi connectivity index (χ1n) is 9.92. The normalized spacial score (nSPS) is 45.7. The maximum Gasteiger partial charge on any atom is 0.0136 e. The van der Waals surface area contributed by atoms with E-state index >= 15 is 0 Å². The molecule has 4 aliphatic rings. The molecule has 2 nitrogen and oxygen atoms in total. The van der Waals surface area contributed by atoms with E-state index in [9.17, 15) is 0 Å². The average Bonchev–Trinajstić information content (AvgIpc) is 2.68. The molecule has 2 heteroatoms. The van der Waals surface area contributed by atoms with Gasteiger partial charge in [-0.1, -0.05) is 27.2 Å². The Labute approximate surface area is 137 Å². The average molecular weight is 305 g/mol. The zero-order chi connectivity index (χ0) is 15.4. The van der Waals surface area contributed by atoms with Crippen LogP contribution in [0.3, 0.4) is 0 Å². The first-order valence-corrected chi connectivity index (χ1v) is 9.92. The largest absolute Gasteiger partial charge is 0.300 e. The molecule has 4 atom stereocenters. The van der Waals surface area contributed by atoms with Crippen LogP contribution in [-0.4, -0.2) is 48.1 Å². The second kappa shape index (κ2) is 5.48. The summed E-state index contributed by atoms with van der Waals surface area (Å²) >= 11 is 0. The van der Waals surface area contributed by atoms with Crippen LogP contribution < -0.4 is 0 Å². The highest BCUT2D eigenvalue weighted by atomic mass is 15.2. The van der Waals surface area contributed by atoms with Crippen LogP contribution in [0.2, 0.25) is 0 Å². The van der Waals surface area contributed by atoms with Gasteiger partial charge in [-0.2, -0.15) is 0 Å². The Balaban J connectivity index is 1.45. The summed E-state index contributed by atoms with van der Waals surface area (Å²) in [7, 11) is 0. The van der Waals surface area contributed by atoms with Crippen molar-refractivity contribution in [3.63, 3.8) is 0 Å². The SMILES string of the molecule is CC1(C)C[C@H]2C[C@@](C)(CN2C[C@H]2CCCN3CCCC[C@H]23)C1. The minimum Gasteiger partial charge on any atom is -0.300 e. The lowest BCUT2D eigenvalue weighted by atomic mass is 9.65. The molecular weight excluding hydrogens is 268 g/mol. The van der Waals surface area contributed by atoms with Gasteiger partial charge in [-0.3, -0.25) is 4.90 Å². The molecule has 0 unspecified atom stereocenters. The third-order valence-corrected chi connectivity index (χ3v) is 7.22. The van der Waals surface area contributed by atoms with Crippen LogP contribution in [0.4, 0.5) is 0 Å². The molecular formula is C20H36N2. The van der Waals surface area contributed by atoms with E-state index in [4.69, 9.17) is 0 Å². The monoisotopic (exact) mass is 304 g/mol. The first-order chi connectivity index (χ1) is 10.4. The fourth-order valence-electron chi connectivity index (χ4n) is 6.88. The van der Waals surface area contributed by atoms with Gasteiger partial charge in [-0.25, -0.2) is 0 Å². The van der Waals surface area contributed by atoms with Crippen molar-refractivity contribution in [3.05, 3.63) is 0 Å². The molecule has 1 aliphatic carbocycles. The van der Waals surface area contributed by atoms with Gasteiger partial charge in [0.25, 0.3) is 0 Å². The molecule has 0 amide bonds. The van der Waals surface area contributed by atoms with Gasteiger partial charge in [0.2, 0.25) is 0 Å². The number of rotatable bonds is 2. The van der Waals surface area contributed by atoms with Gasteiger partial charge >= 0.3 is 0 Å². The lowest BCUT2D eigenvalue weighted by Gasteiger charge is -2.46. The topological polar surface area (TPSA) is 6.48 Å². The van der Waals surface area contributed by atoms with Crippen LogP contribution in [-0.2, 0) is 0 Å². The van der Waals surface area contributed by atoms with Crippen LogP contribution in [0.15, 0.2) is 0 Å². The fraction of sp³-hybridized carbons (Fsp3) is 1.00. The number of nitrogens with zero attached hydrogens (tertiary/aromatic N) is 2. The van der Waals surface area contributed by atoms with Crippen LogP contribution in [0.5, 0.6) is 0 Å². The van der Waals surface area contributed by atoms with E-state index in [1.165, 1.54) is 77.5 Å². The molecule has 22 heavy (non-hydrogen) atoms. The Kier molecular flexibility index (Phi) is 3.85. The van der Waals surface area contributed by atoms with Crippen molar-refractivity contribution in [3.8, 4) is 0 Å². The van der Waals surface area contributed by atoms with Crippen LogP contribution in [0.1, 0.15) is 72.1 Å².